The number of nitrogens with two attached hydrogens (primary N) is 2. The van der Waals surface area contributed by atoms with Gasteiger partial charge in [-0.3, -0.25) is 19.4 Å². The molecule has 0 fully saturated rings. The van der Waals surface area contributed by atoms with Crippen LogP contribution in [0.25, 0.3) is 0 Å². The van der Waals surface area contributed by atoms with Gasteiger partial charge in [-0.15, -0.1) is 23.1 Å². The molecule has 3 rings (SSSR count). The summed E-state index contributed by atoms with van der Waals surface area (Å²) in [6.07, 6.45) is 2.12. The quantitative estimate of drug-likeness (QED) is 0.155. The fraction of sp³-hybridized carbons (Fsp3) is 0.591. The topological polar surface area (TPSA) is 165 Å². The minimum atomic E-state index is -1.02. The van der Waals surface area contributed by atoms with Crippen molar-refractivity contribution in [3.05, 3.63) is 28.0 Å². The third-order valence-corrected chi connectivity index (χ3v) is 7.32. The van der Waals surface area contributed by atoms with Crippen LogP contribution in [0.2, 0.25) is 0 Å². The normalized spacial score (nSPS) is 23.0. The minimum Gasteiger partial charge on any atom is -0.459 e. The summed E-state index contributed by atoms with van der Waals surface area (Å²) in [5, 5.41) is 9.91. The molecule has 0 saturated carbocycles. The molecule has 0 radical (unpaired) electrons. The van der Waals surface area contributed by atoms with E-state index in [0.717, 1.165) is 0 Å². The highest BCUT2D eigenvalue weighted by Gasteiger charge is 2.39. The molecule has 2 atom stereocenters. The molecule has 0 saturated heterocycles. The zero-order valence-electron chi connectivity index (χ0n) is 20.8. The number of allylic oxidation sites excluding steroid dienone is 1. The molecule has 36 heavy (non-hydrogen) atoms. The number of cyclic esters (lactones) is 1. The van der Waals surface area contributed by atoms with Crippen LogP contribution >= 0.6 is 35.7 Å². The Balaban J connectivity index is 0.00000145. The number of fused-ring (bicyclic) bond motifs is 4. The first kappa shape index (κ1) is 29.9. The Kier molecular flexibility index (Phi) is 12.0. The van der Waals surface area contributed by atoms with E-state index in [0.29, 0.717) is 39.4 Å². The number of rotatable bonds is 5. The number of hydrogen-bond acceptors (Lipinski definition) is 12. The molecule has 2 unspecified atom stereocenters. The molecule has 3 heterocycles. The number of aromatic nitrogens is 1. The van der Waals surface area contributed by atoms with Gasteiger partial charge in [-0.1, -0.05) is 20.3 Å². The summed E-state index contributed by atoms with van der Waals surface area (Å²) in [5.74, 6) is 5.62. The van der Waals surface area contributed by atoms with Crippen LogP contribution in [0.4, 0.5) is 0 Å². The van der Waals surface area contributed by atoms with Gasteiger partial charge in [-0.05, 0) is 19.1 Å². The van der Waals surface area contributed by atoms with E-state index in [4.69, 9.17) is 16.3 Å². The van der Waals surface area contributed by atoms with Crippen molar-refractivity contribution in [3.8, 4) is 0 Å². The molecule has 14 heteroatoms. The van der Waals surface area contributed by atoms with Crippen molar-refractivity contribution in [2.75, 3.05) is 24.6 Å². The number of esters is 1. The molecule has 2 amide bonds. The SMILES string of the molecule is CC12CSC(=N1)c1csc(n1)CNC(=O)CC(CN(N)/C(=C\N)CCS)OC(=O)CNC2=O.CCC. The van der Waals surface area contributed by atoms with Crippen molar-refractivity contribution >= 4 is 58.6 Å². The fourth-order valence-corrected chi connectivity index (χ4v) is 5.33. The number of nitrogens with one attached hydrogen (secondary N) is 2. The highest BCUT2D eigenvalue weighted by atomic mass is 32.2. The first-order valence-corrected chi connectivity index (χ1v) is 14.1. The molecular formula is C22H35N7O4S3. The maximum absolute atomic E-state index is 12.7. The predicted octanol–water partition coefficient (Wildman–Crippen LogP) is 1.16. The Morgan fingerprint density at radius 1 is 1.33 bits per heavy atom. The molecule has 200 valence electrons. The molecule has 1 aromatic heterocycles. The lowest BCUT2D eigenvalue weighted by molar-refractivity contribution is -0.151. The predicted molar refractivity (Wildman–Crippen MR) is 146 cm³/mol. The molecule has 6 N–H and O–H groups in total. The minimum absolute atomic E-state index is 0.0350. The Bertz CT molecular complexity index is 985. The number of thioether (sulfide) groups is 1. The van der Waals surface area contributed by atoms with Crippen molar-refractivity contribution in [3.63, 3.8) is 0 Å². The van der Waals surface area contributed by atoms with E-state index in [1.165, 1.54) is 40.7 Å². The fourth-order valence-electron chi connectivity index (χ4n) is 3.18. The van der Waals surface area contributed by atoms with Gasteiger partial charge in [-0.25, -0.2) is 10.8 Å². The lowest BCUT2D eigenvalue weighted by Gasteiger charge is -2.27. The van der Waals surface area contributed by atoms with Crippen LogP contribution in [-0.4, -0.2) is 69.1 Å². The highest BCUT2D eigenvalue weighted by molar-refractivity contribution is 8.14. The zero-order chi connectivity index (χ0) is 26.7. The number of hydrogen-bond donors (Lipinski definition) is 5. The second-order valence-electron chi connectivity index (χ2n) is 8.37. The summed E-state index contributed by atoms with van der Waals surface area (Å²) in [4.78, 5) is 46.8. The number of carbonyl (C=O) groups is 3. The monoisotopic (exact) mass is 557 g/mol. The number of nitrogens with zero attached hydrogens (tertiary/aromatic N) is 3. The van der Waals surface area contributed by atoms with Gasteiger partial charge >= 0.3 is 5.97 Å². The first-order valence-electron chi connectivity index (χ1n) is 11.6. The number of thiazole rings is 1. The van der Waals surface area contributed by atoms with Crippen LogP contribution in [0.1, 0.15) is 50.7 Å². The zero-order valence-corrected chi connectivity index (χ0v) is 23.3. The third kappa shape index (κ3) is 8.68. The van der Waals surface area contributed by atoms with Crippen molar-refractivity contribution in [1.29, 1.82) is 0 Å². The molecule has 11 nitrogen and oxygen atoms in total. The Labute approximate surface area is 225 Å². The van der Waals surface area contributed by atoms with E-state index in [9.17, 15) is 14.4 Å². The van der Waals surface area contributed by atoms with Crippen LogP contribution in [-0.2, 0) is 25.7 Å². The van der Waals surface area contributed by atoms with E-state index in [2.05, 4.69) is 47.1 Å². The van der Waals surface area contributed by atoms with Gasteiger partial charge in [0.15, 0.2) is 0 Å². The van der Waals surface area contributed by atoms with E-state index >= 15 is 0 Å². The molecule has 1 aromatic rings. The number of aliphatic imine (C=N–C) groups is 1. The van der Waals surface area contributed by atoms with Crippen LogP contribution in [0.15, 0.2) is 22.3 Å². The smallest absolute Gasteiger partial charge is 0.325 e. The van der Waals surface area contributed by atoms with E-state index < -0.39 is 17.6 Å². The van der Waals surface area contributed by atoms with Crippen molar-refractivity contribution in [2.24, 2.45) is 16.6 Å². The number of amides is 2. The first-order chi connectivity index (χ1) is 17.1. The number of ether oxygens (including phenoxy) is 1. The maximum atomic E-state index is 12.7. The Morgan fingerprint density at radius 3 is 2.72 bits per heavy atom. The second kappa shape index (κ2) is 14.4. The standard InChI is InChI=1S/C19H27N7O4S3.C3H8/c1-19-10-33-17(25-19)13-9-32-15(24-13)6-22-14(27)4-12(30-16(28)7-23-18(19)29)8-26(21)11(5-20)2-3-31;1-3-2/h5,9,12,31H,2-4,6-8,10,20-21H2,1H3,(H,22,27)(H,23,29);3H2,1-2H3/b11-5-;. The lowest BCUT2D eigenvalue weighted by atomic mass is 10.1. The van der Waals surface area contributed by atoms with Crippen molar-refractivity contribution in [1.82, 2.24) is 20.6 Å². The molecular weight excluding hydrogens is 522 g/mol. The summed E-state index contributed by atoms with van der Waals surface area (Å²) in [6.45, 7) is 5.86. The van der Waals surface area contributed by atoms with Gasteiger partial charge in [0.05, 0.1) is 19.5 Å². The number of carbonyl (C=O) groups excluding carboxylic acids is 3. The molecule has 4 bridgehead atoms. The Morgan fingerprint density at radius 2 is 2.06 bits per heavy atom. The highest BCUT2D eigenvalue weighted by Crippen LogP contribution is 2.31. The van der Waals surface area contributed by atoms with Crippen molar-refractivity contribution in [2.45, 2.75) is 58.2 Å². The van der Waals surface area contributed by atoms with Gasteiger partial charge in [0.1, 0.15) is 33.9 Å². The van der Waals surface area contributed by atoms with Gasteiger partial charge in [0.2, 0.25) is 11.8 Å². The molecule has 2 aliphatic heterocycles. The van der Waals surface area contributed by atoms with E-state index in [1.54, 1.807) is 6.92 Å². The van der Waals surface area contributed by atoms with Crippen LogP contribution in [0, 0.1) is 0 Å². The Hall–Kier alpha value is -2.29. The van der Waals surface area contributed by atoms with Gasteiger partial charge in [-0.2, -0.15) is 12.6 Å². The van der Waals surface area contributed by atoms with Crippen LogP contribution < -0.4 is 22.2 Å². The summed E-state index contributed by atoms with van der Waals surface area (Å²) >= 11 is 6.99. The van der Waals surface area contributed by atoms with Crippen LogP contribution in [0.3, 0.4) is 0 Å². The second-order valence-corrected chi connectivity index (χ2v) is 10.7. The van der Waals surface area contributed by atoms with E-state index in [-0.39, 0.29) is 37.9 Å². The number of thiol groups is 1. The third-order valence-electron chi connectivity index (χ3n) is 4.97. The summed E-state index contributed by atoms with van der Waals surface area (Å²) in [6, 6.07) is 0. The average molecular weight is 558 g/mol. The molecule has 2 aliphatic rings. The molecule has 0 aromatic carbocycles. The summed E-state index contributed by atoms with van der Waals surface area (Å²) in [5.41, 5.74) is 5.87. The summed E-state index contributed by atoms with van der Waals surface area (Å²) in [7, 11) is 0. The van der Waals surface area contributed by atoms with Crippen LogP contribution in [0.5, 0.6) is 0 Å². The van der Waals surface area contributed by atoms with E-state index in [1.807, 2.05) is 5.38 Å². The van der Waals surface area contributed by atoms with Gasteiger partial charge < -0.3 is 26.1 Å². The molecule has 0 spiro atoms. The maximum Gasteiger partial charge on any atom is 0.325 e. The van der Waals surface area contributed by atoms with Gasteiger partial charge in [0, 0.05) is 23.0 Å². The largest absolute Gasteiger partial charge is 0.459 e. The van der Waals surface area contributed by atoms with Crippen molar-refractivity contribution < 1.29 is 19.1 Å². The number of hydrazine groups is 1. The average Bonchev–Trinajstić information content (AvgIpc) is 3.47. The molecule has 0 aliphatic carbocycles. The summed E-state index contributed by atoms with van der Waals surface area (Å²) < 4.78 is 5.48. The lowest BCUT2D eigenvalue weighted by Crippen LogP contribution is -2.47. The van der Waals surface area contributed by atoms with Gasteiger partial charge in [0.25, 0.3) is 0 Å².